The number of carbonyl (C=O) groups excluding carboxylic acids is 1. The van der Waals surface area contributed by atoms with E-state index in [2.05, 4.69) is 0 Å². The molecule has 0 saturated carbocycles. The van der Waals surface area contributed by atoms with E-state index >= 15 is 0 Å². The van der Waals surface area contributed by atoms with Gasteiger partial charge in [-0.15, -0.1) is 0 Å². The summed E-state index contributed by atoms with van der Waals surface area (Å²) in [6.45, 7) is 0. The fourth-order valence-electron chi connectivity index (χ4n) is 1.89. The van der Waals surface area contributed by atoms with Gasteiger partial charge in [0.1, 0.15) is 5.78 Å². The molecule has 2 rings (SSSR count). The molecule has 0 saturated heterocycles. The minimum atomic E-state index is -0.909. The highest BCUT2D eigenvalue weighted by molar-refractivity contribution is 5.81. The van der Waals surface area contributed by atoms with Crippen molar-refractivity contribution in [3.63, 3.8) is 0 Å². The molecule has 1 nitrogen and oxygen atoms in total. The van der Waals surface area contributed by atoms with Gasteiger partial charge in [-0.05, 0) is 29.7 Å². The molecule has 3 heteroatoms. The Hall–Kier alpha value is -2.03. The van der Waals surface area contributed by atoms with E-state index in [9.17, 15) is 13.6 Å². The van der Waals surface area contributed by atoms with E-state index in [1.54, 1.807) is 0 Å². The first kappa shape index (κ1) is 13.4. The monoisotopic (exact) mass is 260 g/mol. The Morgan fingerprint density at radius 1 is 0.895 bits per heavy atom. The van der Waals surface area contributed by atoms with E-state index in [1.165, 1.54) is 6.07 Å². The van der Waals surface area contributed by atoms with E-state index in [0.717, 1.165) is 17.7 Å². The minimum absolute atomic E-state index is 0.0230. The first-order chi connectivity index (χ1) is 9.15. The topological polar surface area (TPSA) is 17.1 Å². The van der Waals surface area contributed by atoms with Crippen molar-refractivity contribution < 1.29 is 13.6 Å². The predicted octanol–water partition coefficient (Wildman–Crippen LogP) is 3.71. The second-order valence-electron chi connectivity index (χ2n) is 4.45. The van der Waals surface area contributed by atoms with Crippen LogP contribution in [0.15, 0.2) is 48.5 Å². The molecule has 0 radical (unpaired) electrons. The van der Waals surface area contributed by atoms with Crippen molar-refractivity contribution in [1.82, 2.24) is 0 Å². The number of hydrogen-bond acceptors (Lipinski definition) is 1. The van der Waals surface area contributed by atoms with E-state index in [-0.39, 0.29) is 12.2 Å². The van der Waals surface area contributed by atoms with Crippen molar-refractivity contribution in [2.75, 3.05) is 0 Å². The quantitative estimate of drug-likeness (QED) is 0.801. The lowest BCUT2D eigenvalue weighted by atomic mass is 10.0. The molecule has 0 aromatic heterocycles. The van der Waals surface area contributed by atoms with E-state index in [0.29, 0.717) is 18.4 Å². The fraction of sp³-hybridized carbons (Fsp3) is 0.188. The van der Waals surface area contributed by atoms with Crippen LogP contribution >= 0.6 is 0 Å². The molecule has 0 aliphatic heterocycles. The van der Waals surface area contributed by atoms with Gasteiger partial charge < -0.3 is 0 Å². The highest BCUT2D eigenvalue weighted by Crippen LogP contribution is 2.11. The Balaban J connectivity index is 1.89. The number of carbonyl (C=O) groups is 1. The van der Waals surface area contributed by atoms with Crippen molar-refractivity contribution >= 4 is 5.78 Å². The molecule has 0 aliphatic rings. The van der Waals surface area contributed by atoms with Gasteiger partial charge in [0.2, 0.25) is 0 Å². The van der Waals surface area contributed by atoms with Gasteiger partial charge in [-0.3, -0.25) is 4.79 Å². The minimum Gasteiger partial charge on any atom is -0.299 e. The summed E-state index contributed by atoms with van der Waals surface area (Å²) in [4.78, 5) is 11.8. The van der Waals surface area contributed by atoms with Gasteiger partial charge in [-0.2, -0.15) is 0 Å². The van der Waals surface area contributed by atoms with E-state index < -0.39 is 11.6 Å². The molecule has 98 valence electrons. The maximum absolute atomic E-state index is 13.0. The average molecular weight is 260 g/mol. The Morgan fingerprint density at radius 3 is 2.32 bits per heavy atom. The van der Waals surface area contributed by atoms with Crippen LogP contribution in [0, 0.1) is 11.6 Å². The van der Waals surface area contributed by atoms with Crippen LogP contribution in [0.5, 0.6) is 0 Å². The first-order valence-electron chi connectivity index (χ1n) is 6.15. The molecule has 0 bridgehead atoms. The maximum Gasteiger partial charge on any atom is 0.159 e. The summed E-state index contributed by atoms with van der Waals surface area (Å²) >= 11 is 0. The highest BCUT2D eigenvalue weighted by atomic mass is 19.2. The summed E-state index contributed by atoms with van der Waals surface area (Å²) in [5.41, 5.74) is 1.61. The molecule has 0 fully saturated rings. The van der Waals surface area contributed by atoms with Gasteiger partial charge in [-0.1, -0.05) is 36.4 Å². The number of halogens is 2. The summed E-state index contributed by atoms with van der Waals surface area (Å²) < 4.78 is 25.7. The van der Waals surface area contributed by atoms with Crippen LogP contribution in [-0.2, 0) is 17.6 Å². The smallest absolute Gasteiger partial charge is 0.159 e. The molecule has 0 atom stereocenters. The predicted molar refractivity (Wildman–Crippen MR) is 69.8 cm³/mol. The fourth-order valence-corrected chi connectivity index (χ4v) is 1.89. The molecule has 19 heavy (non-hydrogen) atoms. The van der Waals surface area contributed by atoms with Crippen LogP contribution in [0.3, 0.4) is 0 Å². The molecule has 0 N–H and O–H groups in total. The van der Waals surface area contributed by atoms with Crippen molar-refractivity contribution in [3.05, 3.63) is 71.3 Å². The lowest BCUT2D eigenvalue weighted by Gasteiger charge is -2.03. The van der Waals surface area contributed by atoms with E-state index in [1.807, 2.05) is 30.3 Å². The summed E-state index contributed by atoms with van der Waals surface area (Å²) in [6.07, 6.45) is 1.22. The zero-order valence-electron chi connectivity index (χ0n) is 10.4. The molecular weight excluding hydrogens is 246 g/mol. The molecule has 2 aromatic rings. The van der Waals surface area contributed by atoms with Crippen LogP contribution in [0.4, 0.5) is 8.78 Å². The zero-order chi connectivity index (χ0) is 13.7. The molecule has 0 aliphatic carbocycles. The van der Waals surface area contributed by atoms with Crippen molar-refractivity contribution in [2.24, 2.45) is 0 Å². The number of hydrogen-bond donors (Lipinski definition) is 0. The third kappa shape index (κ3) is 3.98. The SMILES string of the molecule is O=C(CCc1ccccc1)Cc1ccc(F)c(F)c1. The Kier molecular flexibility index (Phi) is 4.39. The summed E-state index contributed by atoms with van der Waals surface area (Å²) in [6, 6.07) is 13.3. The van der Waals surface area contributed by atoms with Crippen LogP contribution in [0.1, 0.15) is 17.5 Å². The Morgan fingerprint density at radius 2 is 1.63 bits per heavy atom. The van der Waals surface area contributed by atoms with Gasteiger partial charge in [0.25, 0.3) is 0 Å². The number of Topliss-reactive ketones (excluding diaryl/α,β-unsaturated/α-hetero) is 1. The number of rotatable bonds is 5. The molecule has 0 amide bonds. The van der Waals surface area contributed by atoms with Gasteiger partial charge in [0.05, 0.1) is 0 Å². The molecule has 2 aromatic carbocycles. The van der Waals surface area contributed by atoms with Crippen LogP contribution in [0.25, 0.3) is 0 Å². The van der Waals surface area contributed by atoms with E-state index in [4.69, 9.17) is 0 Å². The highest BCUT2D eigenvalue weighted by Gasteiger charge is 2.07. The molecule has 0 unspecified atom stereocenters. The number of aryl methyl sites for hydroxylation is 1. The van der Waals surface area contributed by atoms with Crippen molar-refractivity contribution in [2.45, 2.75) is 19.3 Å². The Labute approximate surface area is 110 Å². The zero-order valence-corrected chi connectivity index (χ0v) is 10.4. The van der Waals surface area contributed by atoms with Crippen molar-refractivity contribution in [3.8, 4) is 0 Å². The first-order valence-corrected chi connectivity index (χ1v) is 6.15. The lowest BCUT2D eigenvalue weighted by Crippen LogP contribution is -2.05. The molecule has 0 spiro atoms. The van der Waals surface area contributed by atoms with Gasteiger partial charge in [0, 0.05) is 12.8 Å². The second-order valence-corrected chi connectivity index (χ2v) is 4.45. The standard InChI is InChI=1S/C16H14F2O/c17-15-9-7-13(11-16(15)18)10-14(19)8-6-12-4-2-1-3-5-12/h1-5,7,9,11H,6,8,10H2. The van der Waals surface area contributed by atoms with Crippen LogP contribution in [-0.4, -0.2) is 5.78 Å². The summed E-state index contributed by atoms with van der Waals surface area (Å²) in [5.74, 6) is -1.77. The van der Waals surface area contributed by atoms with Crippen molar-refractivity contribution in [1.29, 1.82) is 0 Å². The largest absolute Gasteiger partial charge is 0.299 e. The van der Waals surface area contributed by atoms with Crippen LogP contribution < -0.4 is 0 Å². The van der Waals surface area contributed by atoms with Crippen LogP contribution in [0.2, 0.25) is 0 Å². The molecule has 0 heterocycles. The van der Waals surface area contributed by atoms with Gasteiger partial charge in [-0.25, -0.2) is 8.78 Å². The normalized spacial score (nSPS) is 10.4. The van der Waals surface area contributed by atoms with Gasteiger partial charge in [0.15, 0.2) is 11.6 Å². The summed E-state index contributed by atoms with van der Waals surface area (Å²) in [5, 5.41) is 0. The third-order valence-electron chi connectivity index (χ3n) is 2.92. The summed E-state index contributed by atoms with van der Waals surface area (Å²) in [7, 11) is 0. The third-order valence-corrected chi connectivity index (χ3v) is 2.92. The molecular formula is C16H14F2O. The van der Waals surface area contributed by atoms with Gasteiger partial charge >= 0.3 is 0 Å². The maximum atomic E-state index is 13.0. The number of ketones is 1. The number of benzene rings is 2. The Bertz CT molecular complexity index is 564. The lowest BCUT2D eigenvalue weighted by molar-refractivity contribution is -0.118. The average Bonchev–Trinajstić information content (AvgIpc) is 2.42. The second kappa shape index (κ2) is 6.23.